The molecule has 2 aromatic rings. The van der Waals surface area contributed by atoms with Crippen LogP contribution in [0.4, 0.5) is 4.39 Å². The maximum Gasteiger partial charge on any atom is 0.347 e. The molecule has 0 radical (unpaired) electrons. The Bertz CT molecular complexity index is 602. The van der Waals surface area contributed by atoms with Gasteiger partial charge in [0.05, 0.1) is 11.3 Å². The number of rotatable bonds is 2. The maximum atomic E-state index is 13.4. The van der Waals surface area contributed by atoms with E-state index in [0.29, 0.717) is 0 Å². The lowest BCUT2D eigenvalue weighted by Crippen LogP contribution is -2.16. The lowest BCUT2D eigenvalue weighted by atomic mass is 10.2. The zero-order valence-electron chi connectivity index (χ0n) is 7.85. The molecule has 0 bridgehead atoms. The van der Waals surface area contributed by atoms with Gasteiger partial charge in [-0.05, 0) is 18.2 Å². The summed E-state index contributed by atoms with van der Waals surface area (Å²) in [5.74, 6) is -1.90. The Kier molecular flexibility index (Phi) is 2.28. The van der Waals surface area contributed by atoms with E-state index in [-0.39, 0.29) is 11.3 Å². The second-order valence-corrected chi connectivity index (χ2v) is 3.00. The Labute approximate surface area is 88.0 Å². The van der Waals surface area contributed by atoms with Gasteiger partial charge in [0.15, 0.2) is 0 Å². The summed E-state index contributed by atoms with van der Waals surface area (Å²) in [5.41, 5.74) is -0.899. The van der Waals surface area contributed by atoms with Gasteiger partial charge in [0, 0.05) is 0 Å². The van der Waals surface area contributed by atoms with Crippen LogP contribution in [0.2, 0.25) is 0 Å². The third kappa shape index (κ3) is 1.58. The average molecular weight is 223 g/mol. The Morgan fingerprint density at radius 3 is 2.81 bits per heavy atom. The summed E-state index contributed by atoms with van der Waals surface area (Å²) in [6, 6.07) is 3.17. The molecule has 2 N–H and O–H groups in total. The number of nitrogens with one attached hydrogen (secondary N) is 1. The van der Waals surface area contributed by atoms with Gasteiger partial charge < -0.3 is 5.11 Å². The van der Waals surface area contributed by atoms with Crippen molar-refractivity contribution in [1.82, 2.24) is 14.8 Å². The second kappa shape index (κ2) is 3.61. The van der Waals surface area contributed by atoms with Gasteiger partial charge in [-0.3, -0.25) is 0 Å². The van der Waals surface area contributed by atoms with Crippen LogP contribution in [0.1, 0.15) is 10.4 Å². The first-order valence-electron chi connectivity index (χ1n) is 4.25. The van der Waals surface area contributed by atoms with Gasteiger partial charge in [0.25, 0.3) is 0 Å². The molecule has 6 nitrogen and oxygen atoms in total. The molecule has 0 aliphatic heterocycles. The summed E-state index contributed by atoms with van der Waals surface area (Å²) >= 11 is 0. The van der Waals surface area contributed by atoms with Crippen LogP contribution in [-0.4, -0.2) is 25.8 Å². The molecule has 2 rings (SSSR count). The first-order valence-corrected chi connectivity index (χ1v) is 4.25. The number of hydrogen-bond donors (Lipinski definition) is 2. The summed E-state index contributed by atoms with van der Waals surface area (Å²) in [4.78, 5) is 21.9. The summed E-state index contributed by atoms with van der Waals surface area (Å²) in [7, 11) is 0. The number of carbonyl (C=O) groups is 1. The number of hydrogen-bond acceptors (Lipinski definition) is 3. The van der Waals surface area contributed by atoms with Crippen LogP contribution in [0.3, 0.4) is 0 Å². The van der Waals surface area contributed by atoms with E-state index < -0.39 is 17.5 Å². The molecule has 0 atom stereocenters. The Hall–Kier alpha value is -2.44. The molecule has 0 fully saturated rings. The molecule has 0 aliphatic carbocycles. The van der Waals surface area contributed by atoms with Crippen LogP contribution in [0.15, 0.2) is 29.3 Å². The SMILES string of the molecule is O=C(O)c1ccc(F)c(-n2cn[nH]c2=O)c1. The third-order valence-corrected chi connectivity index (χ3v) is 2.00. The van der Waals surface area contributed by atoms with Crippen molar-refractivity contribution in [3.05, 3.63) is 46.4 Å². The van der Waals surface area contributed by atoms with Crippen molar-refractivity contribution < 1.29 is 14.3 Å². The molecule has 1 aromatic carbocycles. The predicted octanol–water partition coefficient (Wildman–Crippen LogP) is 0.398. The highest BCUT2D eigenvalue weighted by molar-refractivity contribution is 5.88. The number of aromatic amines is 1. The number of aromatic carboxylic acids is 1. The Morgan fingerprint density at radius 2 is 2.25 bits per heavy atom. The molecule has 16 heavy (non-hydrogen) atoms. The van der Waals surface area contributed by atoms with Gasteiger partial charge in [-0.15, -0.1) is 0 Å². The first-order chi connectivity index (χ1) is 7.59. The Morgan fingerprint density at radius 1 is 1.50 bits per heavy atom. The maximum absolute atomic E-state index is 13.4. The van der Waals surface area contributed by atoms with Crippen LogP contribution in [-0.2, 0) is 0 Å². The van der Waals surface area contributed by atoms with Gasteiger partial charge in [-0.1, -0.05) is 0 Å². The van der Waals surface area contributed by atoms with E-state index in [4.69, 9.17) is 5.11 Å². The van der Waals surface area contributed by atoms with Gasteiger partial charge in [-0.2, -0.15) is 5.10 Å². The molecule has 0 saturated heterocycles. The van der Waals surface area contributed by atoms with E-state index >= 15 is 0 Å². The fourth-order valence-electron chi connectivity index (χ4n) is 1.25. The van der Waals surface area contributed by atoms with Gasteiger partial charge in [-0.25, -0.2) is 23.6 Å². The average Bonchev–Trinajstić information content (AvgIpc) is 2.65. The van der Waals surface area contributed by atoms with Crippen LogP contribution < -0.4 is 5.69 Å². The van der Waals surface area contributed by atoms with Gasteiger partial charge in [0.2, 0.25) is 0 Å². The van der Waals surface area contributed by atoms with Crippen LogP contribution in [0.25, 0.3) is 5.69 Å². The summed E-state index contributed by atoms with van der Waals surface area (Å²) in [5, 5.41) is 14.2. The molecule has 0 amide bonds. The van der Waals surface area contributed by atoms with Crippen molar-refractivity contribution in [3.63, 3.8) is 0 Å². The minimum absolute atomic E-state index is 0.107. The summed E-state index contributed by atoms with van der Waals surface area (Å²) in [6.45, 7) is 0. The Balaban J connectivity index is 2.65. The number of nitrogens with zero attached hydrogens (tertiary/aromatic N) is 2. The largest absolute Gasteiger partial charge is 0.478 e. The van der Waals surface area contributed by atoms with E-state index in [9.17, 15) is 14.0 Å². The first kappa shape index (κ1) is 10.1. The second-order valence-electron chi connectivity index (χ2n) is 3.00. The predicted molar refractivity (Wildman–Crippen MR) is 51.1 cm³/mol. The number of carboxylic acids is 1. The molecule has 82 valence electrons. The van der Waals surface area contributed by atoms with Gasteiger partial charge in [0.1, 0.15) is 12.1 Å². The number of H-pyrrole nitrogens is 1. The lowest BCUT2D eigenvalue weighted by Gasteiger charge is -2.03. The van der Waals surface area contributed by atoms with Crippen molar-refractivity contribution in [2.45, 2.75) is 0 Å². The van der Waals surface area contributed by atoms with Crippen molar-refractivity contribution in [2.24, 2.45) is 0 Å². The van der Waals surface area contributed by atoms with E-state index in [2.05, 4.69) is 10.2 Å². The van der Waals surface area contributed by atoms with Gasteiger partial charge >= 0.3 is 11.7 Å². The zero-order valence-corrected chi connectivity index (χ0v) is 7.85. The number of halogens is 1. The van der Waals surface area contributed by atoms with Crippen molar-refractivity contribution in [3.8, 4) is 5.69 Å². The van der Waals surface area contributed by atoms with Crippen molar-refractivity contribution in [2.75, 3.05) is 0 Å². The molecule has 0 unspecified atom stereocenters. The number of carboxylic acid groups (broad SMARTS) is 1. The lowest BCUT2D eigenvalue weighted by molar-refractivity contribution is 0.0697. The van der Waals surface area contributed by atoms with Crippen LogP contribution in [0, 0.1) is 5.82 Å². The number of aromatic nitrogens is 3. The molecule has 1 heterocycles. The molecule has 1 aromatic heterocycles. The minimum atomic E-state index is -1.20. The molecular formula is C9H6FN3O3. The number of benzene rings is 1. The summed E-state index contributed by atoms with van der Waals surface area (Å²) < 4.78 is 14.3. The van der Waals surface area contributed by atoms with Crippen molar-refractivity contribution in [1.29, 1.82) is 0 Å². The molecule has 0 saturated carbocycles. The van der Waals surface area contributed by atoms with E-state index in [0.717, 1.165) is 29.1 Å². The molecular weight excluding hydrogens is 217 g/mol. The monoisotopic (exact) mass is 223 g/mol. The highest BCUT2D eigenvalue weighted by atomic mass is 19.1. The van der Waals surface area contributed by atoms with E-state index in [1.165, 1.54) is 0 Å². The van der Waals surface area contributed by atoms with Crippen molar-refractivity contribution >= 4 is 5.97 Å². The van der Waals surface area contributed by atoms with Crippen LogP contribution >= 0.6 is 0 Å². The normalized spacial score (nSPS) is 10.3. The molecule has 7 heteroatoms. The standard InChI is InChI=1S/C9H6FN3O3/c10-6-2-1-5(8(14)15)3-7(6)13-4-11-12-9(13)16/h1-4H,(H,12,16)(H,14,15). The smallest absolute Gasteiger partial charge is 0.347 e. The third-order valence-electron chi connectivity index (χ3n) is 2.00. The highest BCUT2D eigenvalue weighted by Gasteiger charge is 2.11. The quantitative estimate of drug-likeness (QED) is 0.771. The fraction of sp³-hybridized carbons (Fsp3) is 0. The molecule has 0 spiro atoms. The van der Waals surface area contributed by atoms with E-state index in [1.54, 1.807) is 0 Å². The molecule has 0 aliphatic rings. The topological polar surface area (TPSA) is 88.0 Å². The van der Waals surface area contributed by atoms with Crippen LogP contribution in [0.5, 0.6) is 0 Å². The fourth-order valence-corrected chi connectivity index (χ4v) is 1.25. The zero-order chi connectivity index (χ0) is 11.7. The van der Waals surface area contributed by atoms with E-state index in [1.807, 2.05) is 0 Å². The highest BCUT2D eigenvalue weighted by Crippen LogP contribution is 2.13. The summed E-state index contributed by atoms with van der Waals surface area (Å²) in [6.07, 6.45) is 1.08. The minimum Gasteiger partial charge on any atom is -0.478 e.